The van der Waals surface area contributed by atoms with Crippen LogP contribution in [-0.4, -0.2) is 58.1 Å². The van der Waals surface area contributed by atoms with E-state index in [9.17, 15) is 0 Å². The minimum atomic E-state index is 0.343. The molecule has 0 unspecified atom stereocenters. The van der Waals surface area contributed by atoms with E-state index < -0.39 is 0 Å². The Hall–Kier alpha value is -2.05. The highest BCUT2D eigenvalue weighted by molar-refractivity contribution is 5.46. The van der Waals surface area contributed by atoms with E-state index in [-0.39, 0.29) is 0 Å². The van der Waals surface area contributed by atoms with Crippen LogP contribution in [0.25, 0.3) is 0 Å². The van der Waals surface area contributed by atoms with Gasteiger partial charge in [-0.3, -0.25) is 14.5 Å². The topological polar surface area (TPSA) is 42.8 Å². The third-order valence-corrected chi connectivity index (χ3v) is 7.41. The summed E-state index contributed by atoms with van der Waals surface area (Å²) in [4.78, 5) is 5.51. The van der Waals surface area contributed by atoms with Crippen molar-refractivity contribution >= 4 is 0 Å². The van der Waals surface area contributed by atoms with Gasteiger partial charge in [-0.15, -0.1) is 0 Å². The lowest BCUT2D eigenvalue weighted by molar-refractivity contribution is -0.00874. The summed E-state index contributed by atoms with van der Waals surface area (Å²) in [5.74, 6) is 3.14. The molecular formula is C22H28N4O2. The van der Waals surface area contributed by atoms with Crippen LogP contribution in [0.4, 0.5) is 0 Å². The maximum Gasteiger partial charge on any atom is 0.231 e. The maximum atomic E-state index is 5.68. The second-order valence-electron chi connectivity index (χ2n) is 8.92. The largest absolute Gasteiger partial charge is 0.454 e. The van der Waals surface area contributed by atoms with Crippen LogP contribution in [0.5, 0.6) is 11.5 Å². The van der Waals surface area contributed by atoms with Crippen LogP contribution < -0.4 is 9.47 Å². The van der Waals surface area contributed by atoms with E-state index >= 15 is 0 Å². The second kappa shape index (κ2) is 6.22. The van der Waals surface area contributed by atoms with E-state index in [4.69, 9.17) is 9.47 Å². The summed E-state index contributed by atoms with van der Waals surface area (Å²) < 4.78 is 13.2. The Balaban J connectivity index is 1.35. The Morgan fingerprint density at radius 3 is 2.71 bits per heavy atom. The van der Waals surface area contributed by atoms with Crippen LogP contribution in [0.3, 0.4) is 0 Å². The molecule has 148 valence electrons. The second-order valence-corrected chi connectivity index (χ2v) is 8.92. The first kappa shape index (κ1) is 16.9. The number of hydrogen-bond donors (Lipinski definition) is 0. The van der Waals surface area contributed by atoms with Gasteiger partial charge in [-0.05, 0) is 56.5 Å². The van der Waals surface area contributed by atoms with E-state index in [0.717, 1.165) is 36.2 Å². The maximum absolute atomic E-state index is 5.68. The predicted molar refractivity (Wildman–Crippen MR) is 106 cm³/mol. The molecule has 2 bridgehead atoms. The van der Waals surface area contributed by atoms with Crippen molar-refractivity contribution in [1.29, 1.82) is 0 Å². The molecule has 6 heterocycles. The van der Waals surface area contributed by atoms with Gasteiger partial charge in [-0.25, -0.2) is 0 Å². The first-order chi connectivity index (χ1) is 13.7. The number of fused-ring (bicyclic) bond motifs is 3. The van der Waals surface area contributed by atoms with Crippen LogP contribution in [0, 0.1) is 12.8 Å². The predicted octanol–water partition coefficient (Wildman–Crippen LogP) is 2.52. The molecule has 6 heteroatoms. The average molecular weight is 380 g/mol. The monoisotopic (exact) mass is 380 g/mol. The number of likely N-dealkylation sites (tertiary alicyclic amines) is 1. The van der Waals surface area contributed by atoms with Gasteiger partial charge in [-0.2, -0.15) is 5.10 Å². The molecule has 0 saturated carbocycles. The summed E-state index contributed by atoms with van der Waals surface area (Å²) in [6.45, 7) is 7.10. The van der Waals surface area contributed by atoms with E-state index in [1.54, 1.807) is 0 Å². The van der Waals surface area contributed by atoms with Gasteiger partial charge >= 0.3 is 0 Å². The molecular weight excluding hydrogens is 352 g/mol. The van der Waals surface area contributed by atoms with Crippen LogP contribution in [0.1, 0.15) is 35.6 Å². The number of hydrogen-bond acceptors (Lipinski definition) is 5. The number of benzene rings is 1. The number of aryl methyl sites for hydroxylation is 2. The lowest BCUT2D eigenvalue weighted by Crippen LogP contribution is -2.59. The molecule has 4 saturated heterocycles. The Bertz CT molecular complexity index is 902. The minimum Gasteiger partial charge on any atom is -0.454 e. The van der Waals surface area contributed by atoms with Crippen molar-refractivity contribution in [2.45, 2.75) is 44.3 Å². The molecule has 0 N–H and O–H groups in total. The molecule has 5 aliphatic rings. The molecule has 0 spiro atoms. The minimum absolute atomic E-state index is 0.343. The summed E-state index contributed by atoms with van der Waals surface area (Å²) >= 11 is 0. The zero-order valence-electron chi connectivity index (χ0n) is 16.7. The third kappa shape index (κ3) is 2.51. The summed E-state index contributed by atoms with van der Waals surface area (Å²) in [6.07, 6.45) is 4.88. The summed E-state index contributed by atoms with van der Waals surface area (Å²) in [5.41, 5.74) is 3.92. The molecule has 28 heavy (non-hydrogen) atoms. The number of aromatic nitrogens is 2. The molecule has 0 amide bonds. The van der Waals surface area contributed by atoms with Crippen LogP contribution in [0.15, 0.2) is 24.4 Å². The quantitative estimate of drug-likeness (QED) is 0.819. The zero-order chi connectivity index (χ0) is 18.8. The molecule has 6 nitrogen and oxygen atoms in total. The fourth-order valence-electron chi connectivity index (χ4n) is 6.18. The van der Waals surface area contributed by atoms with Gasteiger partial charge in [-0.1, -0.05) is 6.07 Å². The summed E-state index contributed by atoms with van der Waals surface area (Å²) in [6, 6.07) is 7.85. The van der Waals surface area contributed by atoms with Crippen molar-refractivity contribution in [2.24, 2.45) is 13.0 Å². The molecule has 0 radical (unpaired) electrons. The third-order valence-electron chi connectivity index (χ3n) is 7.41. The highest BCUT2D eigenvalue weighted by Crippen LogP contribution is 2.48. The molecule has 2 aromatic rings. The number of rotatable bonds is 3. The van der Waals surface area contributed by atoms with Crippen LogP contribution in [-0.2, 0) is 13.6 Å². The van der Waals surface area contributed by atoms with Gasteiger partial charge in [0.15, 0.2) is 11.5 Å². The molecule has 5 aliphatic heterocycles. The summed E-state index contributed by atoms with van der Waals surface area (Å²) in [5, 5.41) is 4.57. The van der Waals surface area contributed by atoms with Crippen molar-refractivity contribution in [3.8, 4) is 11.5 Å². The number of piperidine rings is 3. The lowest BCUT2D eigenvalue weighted by atomic mass is 9.75. The molecule has 1 aromatic carbocycles. The smallest absolute Gasteiger partial charge is 0.231 e. The van der Waals surface area contributed by atoms with Crippen molar-refractivity contribution in [3.05, 3.63) is 41.2 Å². The number of ether oxygens (including phenoxy) is 2. The van der Waals surface area contributed by atoms with Crippen molar-refractivity contribution in [2.75, 3.05) is 26.4 Å². The lowest BCUT2D eigenvalue weighted by Gasteiger charge is -2.51. The standard InChI is InChI=1S/C22H28N4O2/c1-14-17(10-24(2)23-14)11-26-12-18(16-3-4-19-20(9-16)28-13-27-19)22-21(26)15-5-7-25(22)8-6-15/h3-4,9-10,15,18,21-22H,5-8,11-13H2,1-2H3/t18-,21+,22+/m0/s1. The fourth-order valence-corrected chi connectivity index (χ4v) is 6.18. The Morgan fingerprint density at radius 2 is 1.93 bits per heavy atom. The fraction of sp³-hybridized carbons (Fsp3) is 0.591. The van der Waals surface area contributed by atoms with Crippen molar-refractivity contribution in [3.63, 3.8) is 0 Å². The average Bonchev–Trinajstić information content (AvgIpc) is 3.40. The zero-order valence-corrected chi connectivity index (χ0v) is 16.7. The van der Waals surface area contributed by atoms with Crippen molar-refractivity contribution in [1.82, 2.24) is 19.6 Å². The van der Waals surface area contributed by atoms with E-state index in [0.29, 0.717) is 24.8 Å². The molecule has 4 fully saturated rings. The normalized spacial score (nSPS) is 33.4. The number of nitrogens with zero attached hydrogens (tertiary/aromatic N) is 4. The van der Waals surface area contributed by atoms with Gasteiger partial charge < -0.3 is 9.47 Å². The van der Waals surface area contributed by atoms with Gasteiger partial charge in [0.05, 0.1) is 5.69 Å². The van der Waals surface area contributed by atoms with E-state index in [1.165, 1.54) is 37.1 Å². The highest BCUT2D eigenvalue weighted by Gasteiger charge is 2.53. The van der Waals surface area contributed by atoms with Crippen LogP contribution in [0.2, 0.25) is 0 Å². The highest BCUT2D eigenvalue weighted by atomic mass is 16.7. The van der Waals surface area contributed by atoms with Crippen LogP contribution >= 0.6 is 0 Å². The first-order valence-corrected chi connectivity index (χ1v) is 10.5. The van der Waals surface area contributed by atoms with Crippen molar-refractivity contribution < 1.29 is 9.47 Å². The van der Waals surface area contributed by atoms with Gasteiger partial charge in [0, 0.05) is 49.9 Å². The van der Waals surface area contributed by atoms with E-state index in [1.807, 2.05) is 11.7 Å². The Labute approximate surface area is 166 Å². The summed E-state index contributed by atoms with van der Waals surface area (Å²) in [7, 11) is 2.02. The van der Waals surface area contributed by atoms with Gasteiger partial charge in [0.2, 0.25) is 6.79 Å². The first-order valence-electron chi connectivity index (χ1n) is 10.5. The van der Waals surface area contributed by atoms with E-state index in [2.05, 4.69) is 46.2 Å². The molecule has 7 rings (SSSR count). The van der Waals surface area contributed by atoms with Gasteiger partial charge in [0.1, 0.15) is 0 Å². The van der Waals surface area contributed by atoms with Gasteiger partial charge in [0.25, 0.3) is 0 Å². The molecule has 1 aromatic heterocycles. The Morgan fingerprint density at radius 1 is 1.11 bits per heavy atom. The SMILES string of the molecule is Cc1nn(C)cc1CN1C[C@@H](c2ccc3c(c2)OCO3)[C@@H]2[C@H]1C1CCN2CC1. The molecule has 0 aliphatic carbocycles. The molecule has 3 atom stereocenters. The Kier molecular flexibility index (Phi) is 3.75.